The lowest BCUT2D eigenvalue weighted by atomic mass is 10.4. The average molecular weight is 391 g/mol. The van der Waals surface area contributed by atoms with Crippen molar-refractivity contribution < 1.29 is 14.6 Å². The van der Waals surface area contributed by atoms with E-state index >= 15 is 0 Å². The van der Waals surface area contributed by atoms with E-state index in [2.05, 4.69) is 16.9 Å². The monoisotopic (exact) mass is 390 g/mol. The van der Waals surface area contributed by atoms with Gasteiger partial charge in [-0.25, -0.2) is 0 Å². The van der Waals surface area contributed by atoms with Crippen molar-refractivity contribution in [3.05, 3.63) is 50.9 Å². The van der Waals surface area contributed by atoms with E-state index in [1.54, 1.807) is 23.8 Å². The minimum Gasteiger partial charge on any atom is -0.481 e. The number of carbonyl (C=O) groups is 1. The van der Waals surface area contributed by atoms with Crippen LogP contribution < -0.4 is 0 Å². The number of ether oxygens (including phenoxy) is 1. The van der Waals surface area contributed by atoms with Gasteiger partial charge in [0.25, 0.3) is 0 Å². The molecular formula is C16H20Cl2N2O3S. The third kappa shape index (κ3) is 9.85. The number of hydrogen-bond acceptors (Lipinski definition) is 5. The number of carboxylic acids is 1. The standard InChI is InChI=1S/C6H4Cl2.C5H5NO2S.C5H11NO/c7-5-3-1-2-4-6(5)8;7-5(8)1-4-2-6-3-9-4;1-6-2-4-7-5-3-6/h1-4H;2-3H,1H2,(H,7,8);2-5H2,1H3. The lowest BCUT2D eigenvalue weighted by Crippen LogP contribution is -2.32. The van der Waals surface area contributed by atoms with Gasteiger partial charge >= 0.3 is 5.97 Å². The Morgan fingerprint density at radius 3 is 2.21 bits per heavy atom. The van der Waals surface area contributed by atoms with Crippen LogP contribution in [0.2, 0.25) is 10.0 Å². The summed E-state index contributed by atoms with van der Waals surface area (Å²) in [5.74, 6) is -0.806. The second-order valence-corrected chi connectivity index (χ2v) is 6.65. The number of benzene rings is 1. The highest BCUT2D eigenvalue weighted by atomic mass is 35.5. The summed E-state index contributed by atoms with van der Waals surface area (Å²) in [6, 6.07) is 7.19. The number of rotatable bonds is 2. The normalized spacial score (nSPS) is 14.0. The first-order valence-corrected chi connectivity index (χ1v) is 8.88. The number of morpholine rings is 1. The molecule has 0 amide bonds. The third-order valence-corrected chi connectivity index (χ3v) is 4.40. The highest BCUT2D eigenvalue weighted by Crippen LogP contribution is 2.19. The van der Waals surface area contributed by atoms with Gasteiger partial charge in [-0.1, -0.05) is 35.3 Å². The maximum absolute atomic E-state index is 10.0. The highest BCUT2D eigenvalue weighted by molar-refractivity contribution is 7.09. The molecule has 1 saturated heterocycles. The molecule has 24 heavy (non-hydrogen) atoms. The minimum atomic E-state index is -0.806. The van der Waals surface area contributed by atoms with Crippen LogP contribution in [0.4, 0.5) is 0 Å². The van der Waals surface area contributed by atoms with Crippen LogP contribution in [0.15, 0.2) is 36.0 Å². The Bertz CT molecular complexity index is 570. The van der Waals surface area contributed by atoms with Crippen molar-refractivity contribution in [2.45, 2.75) is 6.42 Å². The van der Waals surface area contributed by atoms with E-state index in [1.165, 1.54) is 11.3 Å². The van der Waals surface area contributed by atoms with Crippen LogP contribution in [0.3, 0.4) is 0 Å². The summed E-state index contributed by atoms with van der Waals surface area (Å²) in [5, 5.41) is 9.48. The van der Waals surface area contributed by atoms with Crippen molar-refractivity contribution in [1.82, 2.24) is 9.88 Å². The Hall–Kier alpha value is -1.18. The van der Waals surface area contributed by atoms with Crippen LogP contribution in [0.25, 0.3) is 0 Å². The van der Waals surface area contributed by atoms with Crippen LogP contribution in [0.5, 0.6) is 0 Å². The Kier molecular flexibility index (Phi) is 10.6. The molecule has 0 spiro atoms. The molecule has 1 aromatic carbocycles. The molecule has 1 aromatic heterocycles. The van der Waals surface area contributed by atoms with Crippen molar-refractivity contribution in [3.63, 3.8) is 0 Å². The van der Waals surface area contributed by atoms with Crippen LogP contribution >= 0.6 is 34.5 Å². The predicted octanol–water partition coefficient (Wildman–Crippen LogP) is 3.71. The molecule has 0 unspecified atom stereocenters. The summed E-state index contributed by atoms with van der Waals surface area (Å²) in [6.07, 6.45) is 1.66. The second-order valence-electron chi connectivity index (χ2n) is 4.87. The van der Waals surface area contributed by atoms with E-state index in [4.69, 9.17) is 33.0 Å². The molecule has 0 aliphatic carbocycles. The number of halogens is 2. The summed E-state index contributed by atoms with van der Waals surface area (Å²) in [4.78, 5) is 16.8. The molecule has 8 heteroatoms. The topological polar surface area (TPSA) is 62.7 Å². The van der Waals surface area contributed by atoms with Gasteiger partial charge in [0.15, 0.2) is 0 Å². The maximum Gasteiger partial charge on any atom is 0.308 e. The van der Waals surface area contributed by atoms with Crippen molar-refractivity contribution in [1.29, 1.82) is 0 Å². The molecule has 1 fully saturated rings. The smallest absolute Gasteiger partial charge is 0.308 e. The van der Waals surface area contributed by atoms with E-state index in [0.717, 1.165) is 31.2 Å². The van der Waals surface area contributed by atoms with E-state index in [0.29, 0.717) is 10.0 Å². The molecule has 0 atom stereocenters. The molecule has 1 N–H and O–H groups in total. The highest BCUT2D eigenvalue weighted by Gasteiger charge is 2.02. The van der Waals surface area contributed by atoms with E-state index < -0.39 is 5.97 Å². The Morgan fingerprint density at radius 2 is 1.88 bits per heavy atom. The predicted molar refractivity (Wildman–Crippen MR) is 98.2 cm³/mol. The zero-order valence-corrected chi connectivity index (χ0v) is 15.7. The summed E-state index contributed by atoms with van der Waals surface area (Å²) < 4.78 is 5.10. The first-order chi connectivity index (χ1) is 11.5. The van der Waals surface area contributed by atoms with Gasteiger partial charge in [-0.3, -0.25) is 9.78 Å². The number of hydrogen-bond donors (Lipinski definition) is 1. The number of nitrogens with zero attached hydrogens (tertiary/aromatic N) is 2. The summed E-state index contributed by atoms with van der Waals surface area (Å²) in [5.41, 5.74) is 1.62. The molecule has 0 saturated carbocycles. The number of aromatic nitrogens is 1. The van der Waals surface area contributed by atoms with Crippen LogP contribution in [0.1, 0.15) is 4.88 Å². The fourth-order valence-electron chi connectivity index (χ4n) is 1.57. The van der Waals surface area contributed by atoms with Gasteiger partial charge in [-0.2, -0.15) is 0 Å². The molecule has 3 rings (SSSR count). The Morgan fingerprint density at radius 1 is 1.29 bits per heavy atom. The summed E-state index contributed by atoms with van der Waals surface area (Å²) in [6.45, 7) is 4.02. The van der Waals surface area contributed by atoms with Crippen molar-refractivity contribution in [3.8, 4) is 0 Å². The fraction of sp³-hybridized carbons (Fsp3) is 0.375. The number of likely N-dealkylation sites (N-methyl/N-ethyl adjacent to an activating group) is 1. The van der Waals surface area contributed by atoms with Crippen molar-refractivity contribution >= 4 is 40.5 Å². The van der Waals surface area contributed by atoms with E-state index in [-0.39, 0.29) is 6.42 Å². The van der Waals surface area contributed by atoms with E-state index in [9.17, 15) is 4.79 Å². The first-order valence-electron chi connectivity index (χ1n) is 7.24. The van der Waals surface area contributed by atoms with Crippen LogP contribution in [-0.4, -0.2) is 54.3 Å². The second kappa shape index (κ2) is 12.2. The SMILES string of the molecule is CN1CCOCC1.Clc1ccccc1Cl.O=C(O)Cc1cncs1. The van der Waals surface area contributed by atoms with E-state index in [1.807, 2.05) is 12.1 Å². The zero-order chi connectivity index (χ0) is 17.8. The number of aliphatic carboxylic acids is 1. The quantitative estimate of drug-likeness (QED) is 0.846. The lowest BCUT2D eigenvalue weighted by Gasteiger charge is -2.21. The molecule has 2 aromatic rings. The van der Waals surface area contributed by atoms with Gasteiger partial charge in [0.1, 0.15) is 0 Å². The molecule has 2 heterocycles. The minimum absolute atomic E-state index is 0.0880. The third-order valence-electron chi connectivity index (χ3n) is 2.87. The Labute approximate surface area is 155 Å². The largest absolute Gasteiger partial charge is 0.481 e. The van der Waals surface area contributed by atoms with Crippen molar-refractivity contribution in [2.75, 3.05) is 33.4 Å². The number of thiazole rings is 1. The van der Waals surface area contributed by atoms with Crippen LogP contribution in [-0.2, 0) is 16.0 Å². The average Bonchev–Trinajstić information content (AvgIpc) is 3.04. The fourth-order valence-corrected chi connectivity index (χ4v) is 2.43. The molecular weight excluding hydrogens is 371 g/mol. The Balaban J connectivity index is 0.000000181. The van der Waals surface area contributed by atoms with Gasteiger partial charge in [-0.15, -0.1) is 11.3 Å². The van der Waals surface area contributed by atoms with Crippen molar-refractivity contribution in [2.24, 2.45) is 0 Å². The molecule has 5 nitrogen and oxygen atoms in total. The molecule has 1 aliphatic rings. The summed E-state index contributed by atoms with van der Waals surface area (Å²) in [7, 11) is 2.11. The van der Waals surface area contributed by atoms with Gasteiger partial charge in [0.05, 0.1) is 35.2 Å². The van der Waals surface area contributed by atoms with Gasteiger partial charge in [0.2, 0.25) is 0 Å². The maximum atomic E-state index is 10.0. The summed E-state index contributed by atoms with van der Waals surface area (Å²) >= 11 is 12.5. The van der Waals surface area contributed by atoms with Crippen LogP contribution in [0, 0.1) is 0 Å². The molecule has 1 aliphatic heterocycles. The molecule has 0 radical (unpaired) electrons. The van der Waals surface area contributed by atoms with Gasteiger partial charge in [-0.05, 0) is 19.2 Å². The molecule has 0 bridgehead atoms. The zero-order valence-electron chi connectivity index (χ0n) is 13.3. The van der Waals surface area contributed by atoms with Gasteiger partial charge in [0, 0.05) is 24.2 Å². The number of carboxylic acid groups (broad SMARTS) is 1. The van der Waals surface area contributed by atoms with Gasteiger partial charge < -0.3 is 14.7 Å². The first kappa shape index (κ1) is 20.9. The lowest BCUT2D eigenvalue weighted by molar-refractivity contribution is -0.136. The molecule has 132 valence electrons.